The Morgan fingerprint density at radius 1 is 1.00 bits per heavy atom. The van der Waals surface area contributed by atoms with Gasteiger partial charge in [-0.25, -0.2) is 9.18 Å². The van der Waals surface area contributed by atoms with Crippen LogP contribution in [-0.2, 0) is 32.0 Å². The third kappa shape index (κ3) is 9.56. The van der Waals surface area contributed by atoms with E-state index in [1.807, 2.05) is 42.5 Å². The molecule has 0 unspecified atom stereocenters. The first kappa shape index (κ1) is 30.4. The van der Waals surface area contributed by atoms with Crippen LogP contribution in [0.1, 0.15) is 17.5 Å². The number of hydrogen-bond acceptors (Lipinski definition) is 5. The number of rotatable bonds is 10. The molecule has 3 aromatic carbocycles. The van der Waals surface area contributed by atoms with E-state index in [-0.39, 0.29) is 31.0 Å². The van der Waals surface area contributed by atoms with Gasteiger partial charge in [0.25, 0.3) is 0 Å². The zero-order valence-corrected chi connectivity index (χ0v) is 20.5. The highest BCUT2D eigenvalue weighted by Gasteiger charge is 2.38. The molecule has 0 aliphatic heterocycles. The van der Waals surface area contributed by atoms with Crippen molar-refractivity contribution in [3.63, 3.8) is 0 Å². The van der Waals surface area contributed by atoms with Gasteiger partial charge >= 0.3 is 12.1 Å². The highest BCUT2D eigenvalue weighted by Crippen LogP contribution is 2.20. The van der Waals surface area contributed by atoms with Gasteiger partial charge in [-0.1, -0.05) is 54.6 Å². The Balaban J connectivity index is 0.000000638. The first-order valence-electron chi connectivity index (χ1n) is 11.5. The maximum absolute atomic E-state index is 13.3. The average Bonchev–Trinajstić information content (AvgIpc) is 2.88. The van der Waals surface area contributed by atoms with Crippen LogP contribution in [0.25, 0.3) is 10.8 Å². The van der Waals surface area contributed by atoms with E-state index >= 15 is 0 Å². The Morgan fingerprint density at radius 2 is 1.61 bits per heavy atom. The number of alkyl halides is 3. The van der Waals surface area contributed by atoms with Crippen molar-refractivity contribution >= 4 is 28.4 Å². The van der Waals surface area contributed by atoms with Gasteiger partial charge in [0.05, 0.1) is 12.6 Å². The fraction of sp³-hybridized carbons (Fsp3) is 0.296. The SMILES string of the molecule is COC[C@H](N)C(=O)N[C@@H](Cc1ccc(F)cc1)C(=O)CCc1cccc2ccccc12.O=C(O)C(F)(F)F. The van der Waals surface area contributed by atoms with Crippen LogP contribution in [0.3, 0.4) is 0 Å². The average molecular weight is 537 g/mol. The largest absolute Gasteiger partial charge is 0.490 e. The second-order valence-electron chi connectivity index (χ2n) is 8.36. The van der Waals surface area contributed by atoms with Crippen molar-refractivity contribution in [2.75, 3.05) is 13.7 Å². The van der Waals surface area contributed by atoms with Crippen LogP contribution >= 0.6 is 0 Å². The molecule has 0 spiro atoms. The van der Waals surface area contributed by atoms with E-state index in [4.69, 9.17) is 20.4 Å². The number of hydrogen-bond donors (Lipinski definition) is 3. The number of ether oxygens (including phenoxy) is 1. The normalized spacial score (nSPS) is 12.7. The van der Waals surface area contributed by atoms with Gasteiger partial charge in [0.1, 0.15) is 11.9 Å². The summed E-state index contributed by atoms with van der Waals surface area (Å²) in [6.07, 6.45) is -4.00. The van der Waals surface area contributed by atoms with Crippen LogP contribution in [0.4, 0.5) is 17.6 Å². The number of nitrogens with two attached hydrogens (primary N) is 1. The second-order valence-corrected chi connectivity index (χ2v) is 8.36. The Kier molecular flexibility index (Phi) is 11.4. The molecular weight excluding hydrogens is 508 g/mol. The zero-order chi connectivity index (χ0) is 28.3. The van der Waals surface area contributed by atoms with E-state index in [1.165, 1.54) is 19.2 Å². The fourth-order valence-corrected chi connectivity index (χ4v) is 3.58. The topological polar surface area (TPSA) is 119 Å². The first-order valence-corrected chi connectivity index (χ1v) is 11.5. The fourth-order valence-electron chi connectivity index (χ4n) is 3.58. The maximum Gasteiger partial charge on any atom is 0.490 e. The molecule has 7 nitrogen and oxygen atoms in total. The van der Waals surface area contributed by atoms with Gasteiger partial charge in [0.15, 0.2) is 5.78 Å². The lowest BCUT2D eigenvalue weighted by atomic mass is 9.95. The molecule has 0 aliphatic rings. The smallest absolute Gasteiger partial charge is 0.475 e. The van der Waals surface area contributed by atoms with Gasteiger partial charge < -0.3 is 20.9 Å². The van der Waals surface area contributed by atoms with E-state index in [9.17, 15) is 27.2 Å². The van der Waals surface area contributed by atoms with Gasteiger partial charge in [-0.2, -0.15) is 13.2 Å². The summed E-state index contributed by atoms with van der Waals surface area (Å²) in [5.41, 5.74) is 7.65. The summed E-state index contributed by atoms with van der Waals surface area (Å²) in [7, 11) is 1.46. The Morgan fingerprint density at radius 3 is 2.21 bits per heavy atom. The predicted octanol–water partition coefficient (Wildman–Crippen LogP) is 3.82. The molecule has 0 saturated carbocycles. The molecule has 0 fully saturated rings. The number of benzene rings is 3. The lowest BCUT2D eigenvalue weighted by molar-refractivity contribution is -0.192. The number of Topliss-reactive ketones (excluding diaryl/α,β-unsaturated/α-hetero) is 1. The summed E-state index contributed by atoms with van der Waals surface area (Å²) in [6, 6.07) is 18.3. The number of halogens is 4. The molecular formula is C27H28F4N2O5. The highest BCUT2D eigenvalue weighted by atomic mass is 19.4. The molecule has 0 aromatic heterocycles. The Hall–Kier alpha value is -3.83. The minimum atomic E-state index is -5.08. The van der Waals surface area contributed by atoms with E-state index in [0.29, 0.717) is 6.42 Å². The number of carboxylic acids is 1. The summed E-state index contributed by atoms with van der Waals surface area (Å²) in [5.74, 6) is -3.66. The van der Waals surface area contributed by atoms with E-state index in [2.05, 4.69) is 5.32 Å². The Bertz CT molecular complexity index is 1230. The van der Waals surface area contributed by atoms with Crippen LogP contribution in [0.15, 0.2) is 66.7 Å². The van der Waals surface area contributed by atoms with Gasteiger partial charge in [0, 0.05) is 13.5 Å². The van der Waals surface area contributed by atoms with Gasteiger partial charge in [-0.3, -0.25) is 9.59 Å². The van der Waals surface area contributed by atoms with Gasteiger partial charge in [-0.15, -0.1) is 0 Å². The summed E-state index contributed by atoms with van der Waals surface area (Å²) in [6.45, 7) is 0.0549. The van der Waals surface area contributed by atoms with Crippen LogP contribution in [0.5, 0.6) is 0 Å². The molecule has 0 heterocycles. The summed E-state index contributed by atoms with van der Waals surface area (Å²) in [5, 5.41) is 12.1. The van der Waals surface area contributed by atoms with Crippen molar-refractivity contribution in [1.29, 1.82) is 0 Å². The van der Waals surface area contributed by atoms with Gasteiger partial charge in [-0.05, 0) is 46.9 Å². The van der Waals surface area contributed by atoms with Crippen molar-refractivity contribution in [3.8, 4) is 0 Å². The summed E-state index contributed by atoms with van der Waals surface area (Å²) >= 11 is 0. The molecule has 0 radical (unpaired) electrons. The second kappa shape index (κ2) is 14.2. The van der Waals surface area contributed by atoms with Crippen LogP contribution < -0.4 is 11.1 Å². The zero-order valence-electron chi connectivity index (χ0n) is 20.5. The molecule has 204 valence electrons. The highest BCUT2D eigenvalue weighted by molar-refractivity contribution is 5.92. The third-order valence-electron chi connectivity index (χ3n) is 5.50. The number of aliphatic carboxylic acids is 1. The minimum absolute atomic E-state index is 0.0549. The number of carbonyl (C=O) groups is 3. The molecule has 11 heteroatoms. The number of methoxy groups -OCH3 is 1. The predicted molar refractivity (Wildman–Crippen MR) is 133 cm³/mol. The quantitative estimate of drug-likeness (QED) is 0.339. The Labute approximate surface area is 216 Å². The number of amides is 1. The summed E-state index contributed by atoms with van der Waals surface area (Å²) < 4.78 is 49.9. The standard InChI is InChI=1S/C25H27FN2O3.C2HF3O2/c1-31-16-22(27)25(30)28-23(15-17-9-12-20(26)13-10-17)24(29)14-11-19-7-4-6-18-5-2-3-8-21(18)19;3-2(4,5)1(6)7/h2-10,12-13,22-23H,11,14-16,27H2,1H3,(H,28,30);(H,6,7)/t22-,23-;/m0./s1. The number of carboxylic acid groups (broad SMARTS) is 1. The maximum atomic E-state index is 13.3. The first-order chi connectivity index (χ1) is 17.9. The molecule has 2 atom stereocenters. The lowest BCUT2D eigenvalue weighted by Crippen LogP contribution is -2.50. The number of carbonyl (C=O) groups excluding carboxylic acids is 2. The molecule has 3 rings (SSSR count). The molecule has 38 heavy (non-hydrogen) atoms. The molecule has 4 N–H and O–H groups in total. The van der Waals surface area contributed by atoms with Crippen molar-refractivity contribution in [2.24, 2.45) is 5.73 Å². The van der Waals surface area contributed by atoms with E-state index in [1.54, 1.807) is 12.1 Å². The van der Waals surface area contributed by atoms with Crippen LogP contribution in [-0.4, -0.2) is 54.7 Å². The number of ketones is 1. The van der Waals surface area contributed by atoms with Gasteiger partial charge in [0.2, 0.25) is 5.91 Å². The van der Waals surface area contributed by atoms with Crippen molar-refractivity contribution in [1.82, 2.24) is 5.32 Å². The number of nitrogens with one attached hydrogen (secondary N) is 1. The van der Waals surface area contributed by atoms with Crippen LogP contribution in [0.2, 0.25) is 0 Å². The number of fused-ring (bicyclic) bond motifs is 1. The monoisotopic (exact) mass is 536 g/mol. The molecule has 1 amide bonds. The van der Waals surface area contributed by atoms with E-state index in [0.717, 1.165) is 21.9 Å². The van der Waals surface area contributed by atoms with Crippen molar-refractivity contribution in [3.05, 3.63) is 83.7 Å². The molecule has 0 saturated heterocycles. The third-order valence-corrected chi connectivity index (χ3v) is 5.50. The number of aryl methyl sites for hydroxylation is 1. The van der Waals surface area contributed by atoms with E-state index < -0.39 is 30.1 Å². The van der Waals surface area contributed by atoms with Crippen molar-refractivity contribution < 1.29 is 41.8 Å². The summed E-state index contributed by atoms with van der Waals surface area (Å²) in [4.78, 5) is 34.4. The van der Waals surface area contributed by atoms with Crippen molar-refractivity contribution in [2.45, 2.75) is 37.5 Å². The molecule has 0 aliphatic carbocycles. The minimum Gasteiger partial charge on any atom is -0.475 e. The van der Waals surface area contributed by atoms with Crippen LogP contribution in [0, 0.1) is 5.82 Å². The molecule has 0 bridgehead atoms. The molecule has 3 aromatic rings. The lowest BCUT2D eigenvalue weighted by Gasteiger charge is -2.20.